The van der Waals surface area contributed by atoms with Gasteiger partial charge in [-0.25, -0.2) is 0 Å². The van der Waals surface area contributed by atoms with E-state index in [9.17, 15) is 9.59 Å². The van der Waals surface area contributed by atoms with E-state index < -0.39 is 5.54 Å². The monoisotopic (exact) mass is 283 g/mol. The average molecular weight is 283 g/mol. The molecule has 2 aromatic rings. The molecule has 2 amide bonds. The number of hydrogen-bond donors (Lipinski definition) is 1. The predicted octanol–water partition coefficient (Wildman–Crippen LogP) is 1.87. The molecule has 0 bridgehead atoms. The summed E-state index contributed by atoms with van der Waals surface area (Å²) in [5.74, 6) is -0.209. The van der Waals surface area contributed by atoms with Crippen LogP contribution in [-0.4, -0.2) is 28.9 Å². The zero-order valence-corrected chi connectivity index (χ0v) is 12.1. The van der Waals surface area contributed by atoms with Gasteiger partial charge in [0.15, 0.2) is 0 Å². The molecule has 5 nitrogen and oxygen atoms in total. The number of carbonyl (C=O) groups is 2. The second kappa shape index (κ2) is 4.84. The number of amides is 2. The molecule has 1 atom stereocenters. The highest BCUT2D eigenvalue weighted by atomic mass is 16.2. The van der Waals surface area contributed by atoms with E-state index in [4.69, 9.17) is 0 Å². The molecule has 1 fully saturated rings. The van der Waals surface area contributed by atoms with Crippen LogP contribution in [-0.2, 0) is 9.59 Å². The van der Waals surface area contributed by atoms with Crippen molar-refractivity contribution in [1.29, 1.82) is 0 Å². The summed E-state index contributed by atoms with van der Waals surface area (Å²) < 4.78 is 0. The third-order valence-electron chi connectivity index (χ3n) is 4.09. The number of anilines is 1. The molecule has 1 aliphatic rings. The smallest absolute Gasteiger partial charge is 0.252 e. The molecule has 108 valence electrons. The van der Waals surface area contributed by atoms with Crippen LogP contribution in [0.1, 0.15) is 20.3 Å². The van der Waals surface area contributed by atoms with Crippen molar-refractivity contribution in [3.8, 4) is 0 Å². The van der Waals surface area contributed by atoms with Crippen molar-refractivity contribution in [2.24, 2.45) is 0 Å². The van der Waals surface area contributed by atoms with Gasteiger partial charge < -0.3 is 10.2 Å². The highest BCUT2D eigenvalue weighted by Crippen LogP contribution is 2.30. The zero-order valence-electron chi connectivity index (χ0n) is 12.1. The van der Waals surface area contributed by atoms with Crippen molar-refractivity contribution in [1.82, 2.24) is 10.3 Å². The van der Waals surface area contributed by atoms with Gasteiger partial charge in [-0.05, 0) is 25.5 Å². The molecule has 1 saturated heterocycles. The molecule has 0 radical (unpaired) electrons. The van der Waals surface area contributed by atoms with E-state index in [0.717, 1.165) is 16.5 Å². The number of pyridine rings is 1. The van der Waals surface area contributed by atoms with Crippen LogP contribution < -0.4 is 10.2 Å². The number of carbonyl (C=O) groups excluding carboxylic acids is 2. The van der Waals surface area contributed by atoms with E-state index in [-0.39, 0.29) is 18.4 Å². The lowest BCUT2D eigenvalue weighted by Crippen LogP contribution is -2.65. The van der Waals surface area contributed by atoms with Gasteiger partial charge in [-0.1, -0.05) is 19.1 Å². The fourth-order valence-corrected chi connectivity index (χ4v) is 2.69. The van der Waals surface area contributed by atoms with Crippen LogP contribution in [0.4, 0.5) is 5.69 Å². The Morgan fingerprint density at radius 1 is 1.33 bits per heavy atom. The van der Waals surface area contributed by atoms with Gasteiger partial charge in [0.25, 0.3) is 5.91 Å². The standard InChI is InChI=1S/C16H17N3O2/c1-3-16(2)15(21)19(10-14(20)18-16)13-6-4-5-11-9-17-8-7-12(11)13/h4-9H,3,10H2,1-2H3,(H,18,20). The Morgan fingerprint density at radius 3 is 2.90 bits per heavy atom. The summed E-state index contributed by atoms with van der Waals surface area (Å²) >= 11 is 0. The summed E-state index contributed by atoms with van der Waals surface area (Å²) in [6, 6.07) is 7.56. The molecule has 0 spiro atoms. The number of aromatic nitrogens is 1. The second-order valence-corrected chi connectivity index (χ2v) is 5.50. The Balaban J connectivity index is 2.13. The van der Waals surface area contributed by atoms with Crippen LogP contribution in [0.2, 0.25) is 0 Å². The minimum absolute atomic E-state index is 0.0514. The van der Waals surface area contributed by atoms with Crippen molar-refractivity contribution in [2.75, 3.05) is 11.4 Å². The van der Waals surface area contributed by atoms with E-state index in [1.807, 2.05) is 31.2 Å². The number of benzene rings is 1. The predicted molar refractivity (Wildman–Crippen MR) is 80.9 cm³/mol. The summed E-state index contributed by atoms with van der Waals surface area (Å²) in [7, 11) is 0. The normalized spacial score (nSPS) is 22.5. The molecule has 1 aromatic heterocycles. The van der Waals surface area contributed by atoms with Crippen molar-refractivity contribution in [3.05, 3.63) is 36.7 Å². The van der Waals surface area contributed by atoms with Gasteiger partial charge in [0.2, 0.25) is 5.91 Å². The lowest BCUT2D eigenvalue weighted by Gasteiger charge is -2.39. The SMILES string of the molecule is CCC1(C)NC(=O)CN(c2cccc3cnccc23)C1=O. The number of nitrogens with one attached hydrogen (secondary N) is 1. The zero-order chi connectivity index (χ0) is 15.0. The fraction of sp³-hybridized carbons (Fsp3) is 0.312. The van der Waals surface area contributed by atoms with E-state index in [1.165, 1.54) is 0 Å². The Bertz CT molecular complexity index is 723. The number of piperazine rings is 1. The van der Waals surface area contributed by atoms with Crippen LogP contribution >= 0.6 is 0 Å². The molecule has 3 rings (SSSR count). The highest BCUT2D eigenvalue weighted by Gasteiger charge is 2.42. The first-order valence-corrected chi connectivity index (χ1v) is 7.01. The first-order valence-electron chi connectivity index (χ1n) is 7.01. The van der Waals surface area contributed by atoms with Crippen LogP contribution in [0.5, 0.6) is 0 Å². The molecular formula is C16H17N3O2. The summed E-state index contributed by atoms with van der Waals surface area (Å²) in [6.45, 7) is 3.72. The molecule has 1 aliphatic heterocycles. The van der Waals surface area contributed by atoms with Gasteiger partial charge in [-0.2, -0.15) is 0 Å². The first kappa shape index (κ1) is 13.5. The van der Waals surface area contributed by atoms with Gasteiger partial charge in [-0.3, -0.25) is 14.6 Å². The minimum Gasteiger partial charge on any atom is -0.340 e. The lowest BCUT2D eigenvalue weighted by atomic mass is 9.93. The van der Waals surface area contributed by atoms with Crippen molar-refractivity contribution >= 4 is 28.3 Å². The molecule has 2 heterocycles. The lowest BCUT2D eigenvalue weighted by molar-refractivity contribution is -0.135. The summed E-state index contributed by atoms with van der Waals surface area (Å²) in [6.07, 6.45) is 4.01. The number of rotatable bonds is 2. The summed E-state index contributed by atoms with van der Waals surface area (Å²) in [4.78, 5) is 30.4. The van der Waals surface area contributed by atoms with Crippen molar-refractivity contribution in [3.63, 3.8) is 0 Å². The molecule has 1 unspecified atom stereocenters. The van der Waals surface area contributed by atoms with Crippen molar-refractivity contribution in [2.45, 2.75) is 25.8 Å². The Hall–Kier alpha value is -2.43. The topological polar surface area (TPSA) is 62.3 Å². The van der Waals surface area contributed by atoms with Gasteiger partial charge in [-0.15, -0.1) is 0 Å². The Morgan fingerprint density at radius 2 is 2.14 bits per heavy atom. The average Bonchev–Trinajstić information content (AvgIpc) is 2.50. The molecular weight excluding hydrogens is 266 g/mol. The summed E-state index contributed by atoms with van der Waals surface area (Å²) in [5.41, 5.74) is -0.0840. The molecule has 21 heavy (non-hydrogen) atoms. The largest absolute Gasteiger partial charge is 0.340 e. The van der Waals surface area contributed by atoms with Gasteiger partial charge >= 0.3 is 0 Å². The van der Waals surface area contributed by atoms with E-state index in [0.29, 0.717) is 6.42 Å². The van der Waals surface area contributed by atoms with Gasteiger partial charge in [0.05, 0.1) is 5.69 Å². The molecule has 1 N–H and O–H groups in total. The molecule has 5 heteroatoms. The van der Waals surface area contributed by atoms with Crippen LogP contribution in [0.3, 0.4) is 0 Å². The van der Waals surface area contributed by atoms with Crippen LogP contribution in [0.15, 0.2) is 36.7 Å². The number of nitrogens with zero attached hydrogens (tertiary/aromatic N) is 2. The van der Waals surface area contributed by atoms with Gasteiger partial charge in [0.1, 0.15) is 12.1 Å². The van der Waals surface area contributed by atoms with Crippen molar-refractivity contribution < 1.29 is 9.59 Å². The van der Waals surface area contributed by atoms with E-state index in [1.54, 1.807) is 24.2 Å². The maximum atomic E-state index is 12.8. The quantitative estimate of drug-likeness (QED) is 0.915. The maximum absolute atomic E-state index is 12.8. The molecule has 1 aromatic carbocycles. The second-order valence-electron chi connectivity index (χ2n) is 5.50. The fourth-order valence-electron chi connectivity index (χ4n) is 2.69. The van der Waals surface area contributed by atoms with Crippen LogP contribution in [0.25, 0.3) is 10.8 Å². The summed E-state index contributed by atoms with van der Waals surface area (Å²) in [5, 5.41) is 4.67. The van der Waals surface area contributed by atoms with E-state index >= 15 is 0 Å². The molecule has 0 saturated carbocycles. The highest BCUT2D eigenvalue weighted by molar-refractivity contribution is 6.12. The molecule has 0 aliphatic carbocycles. The number of fused-ring (bicyclic) bond motifs is 1. The Labute approximate surface area is 123 Å². The Kier molecular flexibility index (Phi) is 3.12. The van der Waals surface area contributed by atoms with Crippen LogP contribution in [0, 0.1) is 0 Å². The maximum Gasteiger partial charge on any atom is 0.252 e. The first-order chi connectivity index (χ1) is 10.0. The minimum atomic E-state index is -0.843. The third kappa shape index (κ3) is 2.14. The number of hydrogen-bond acceptors (Lipinski definition) is 3. The van der Waals surface area contributed by atoms with Gasteiger partial charge in [0, 0.05) is 23.2 Å². The van der Waals surface area contributed by atoms with E-state index in [2.05, 4.69) is 10.3 Å². The third-order valence-corrected chi connectivity index (χ3v) is 4.09.